The van der Waals surface area contributed by atoms with Crippen LogP contribution in [-0.2, 0) is 11.2 Å². The molecule has 1 N–H and O–H groups in total. The van der Waals surface area contributed by atoms with Crippen LogP contribution in [0.3, 0.4) is 0 Å². The van der Waals surface area contributed by atoms with Gasteiger partial charge < -0.3 is 19.9 Å². The Labute approximate surface area is 232 Å². The monoisotopic (exact) mass is 565 g/mol. The lowest BCUT2D eigenvalue weighted by Crippen LogP contribution is -2.40. The van der Waals surface area contributed by atoms with Gasteiger partial charge in [0.05, 0.1) is 30.2 Å². The summed E-state index contributed by atoms with van der Waals surface area (Å²) in [5, 5.41) is 3.13. The Bertz CT molecular complexity index is 1900. The molecule has 0 fully saturated rings. The van der Waals surface area contributed by atoms with Gasteiger partial charge in [0, 0.05) is 18.4 Å². The van der Waals surface area contributed by atoms with Crippen LogP contribution < -0.4 is 20.5 Å². The molecule has 0 saturated heterocycles. The number of fused-ring (bicyclic) bond motifs is 5. The number of nitrogens with zero attached hydrogens (tertiary/aromatic N) is 6. The number of amides is 1. The molecule has 2 aromatic carbocycles. The van der Waals surface area contributed by atoms with Gasteiger partial charge in [-0.15, -0.1) is 0 Å². The van der Waals surface area contributed by atoms with Crippen molar-refractivity contribution in [3.8, 4) is 5.75 Å². The fourth-order valence-electron chi connectivity index (χ4n) is 5.13. The normalized spacial score (nSPS) is 13.4. The van der Waals surface area contributed by atoms with Crippen LogP contribution in [0.25, 0.3) is 27.6 Å². The number of nitrogens with one attached hydrogen (secondary N) is 1. The van der Waals surface area contributed by atoms with E-state index in [9.17, 15) is 18.4 Å². The third kappa shape index (κ3) is 4.12. The maximum Gasteiger partial charge on any atom is 0.271 e. The summed E-state index contributed by atoms with van der Waals surface area (Å²) in [6.45, 7) is 0.804. The van der Waals surface area contributed by atoms with Crippen LogP contribution in [0.5, 0.6) is 5.75 Å². The van der Waals surface area contributed by atoms with Crippen LogP contribution in [0.15, 0.2) is 41.3 Å². The van der Waals surface area contributed by atoms with E-state index in [1.807, 2.05) is 25.1 Å². The summed E-state index contributed by atoms with van der Waals surface area (Å²) in [6.07, 6.45) is 3.21. The zero-order valence-electron chi connectivity index (χ0n) is 21.9. The first-order chi connectivity index (χ1) is 19.2. The minimum Gasteiger partial charge on any atom is -0.495 e. The summed E-state index contributed by atoms with van der Waals surface area (Å²) in [4.78, 5) is 39.4. The topological polar surface area (TPSA) is 97.0 Å². The van der Waals surface area contributed by atoms with Gasteiger partial charge in [0.25, 0.3) is 5.56 Å². The summed E-state index contributed by atoms with van der Waals surface area (Å²) in [5.41, 5.74) is 1.83. The number of aromatic nitrogens is 4. The fourth-order valence-corrected chi connectivity index (χ4v) is 5.35. The Balaban J connectivity index is 1.59. The molecule has 0 aliphatic carbocycles. The highest BCUT2D eigenvalue weighted by Crippen LogP contribution is 2.38. The van der Waals surface area contributed by atoms with Crippen LogP contribution in [0.4, 0.5) is 26.1 Å². The number of benzene rings is 2. The number of rotatable bonds is 5. The summed E-state index contributed by atoms with van der Waals surface area (Å²) in [5.74, 6) is -2.06. The summed E-state index contributed by atoms with van der Waals surface area (Å²) in [7, 11) is 5.17. The molecule has 10 nitrogen and oxygen atoms in total. The van der Waals surface area contributed by atoms with E-state index in [0.29, 0.717) is 34.7 Å². The SMILES string of the molecule is COc1cc2c(cc1Nc1nc3c(ccn3S)c3nc4ccc(F)c(F)c4c(=O)n13)N(C(=O)CN(C)C)CCC2. The van der Waals surface area contributed by atoms with Gasteiger partial charge in [-0.3, -0.25) is 13.6 Å². The zero-order valence-corrected chi connectivity index (χ0v) is 22.8. The van der Waals surface area contributed by atoms with Crippen molar-refractivity contribution in [1.29, 1.82) is 0 Å². The lowest BCUT2D eigenvalue weighted by Gasteiger charge is -2.31. The minimum atomic E-state index is -1.29. The van der Waals surface area contributed by atoms with Crippen LogP contribution in [0, 0.1) is 11.6 Å². The van der Waals surface area contributed by atoms with Gasteiger partial charge in [0.1, 0.15) is 11.1 Å². The molecule has 1 aliphatic heterocycles. The van der Waals surface area contributed by atoms with Crippen molar-refractivity contribution in [3.05, 3.63) is 64.1 Å². The molecule has 0 atom stereocenters. The Morgan fingerprint density at radius 3 is 2.73 bits per heavy atom. The highest BCUT2D eigenvalue weighted by molar-refractivity contribution is 7.78. The molecule has 1 amide bonds. The first kappa shape index (κ1) is 26.0. The molecule has 206 valence electrons. The van der Waals surface area contributed by atoms with Gasteiger partial charge >= 0.3 is 0 Å². The van der Waals surface area contributed by atoms with Gasteiger partial charge in [0.15, 0.2) is 22.9 Å². The van der Waals surface area contributed by atoms with E-state index >= 15 is 0 Å². The number of likely N-dealkylation sites (N-methyl/N-ethyl adjacent to an activating group) is 1. The average molecular weight is 566 g/mol. The van der Waals surface area contributed by atoms with Crippen molar-refractivity contribution < 1.29 is 18.3 Å². The third-order valence-electron chi connectivity index (χ3n) is 6.95. The van der Waals surface area contributed by atoms with E-state index in [4.69, 9.17) is 4.74 Å². The van der Waals surface area contributed by atoms with Crippen LogP contribution in [-0.4, -0.2) is 63.4 Å². The van der Waals surface area contributed by atoms with E-state index in [-0.39, 0.29) is 29.6 Å². The first-order valence-corrected chi connectivity index (χ1v) is 12.9. The van der Waals surface area contributed by atoms with Crippen molar-refractivity contribution in [2.75, 3.05) is 44.5 Å². The second-order valence-electron chi connectivity index (χ2n) is 9.86. The molecular weight excluding hydrogens is 540 g/mol. The van der Waals surface area contributed by atoms with Gasteiger partial charge in [-0.05, 0) is 62.8 Å². The molecule has 0 bridgehead atoms. The molecule has 3 aromatic heterocycles. The predicted molar refractivity (Wildman–Crippen MR) is 152 cm³/mol. The number of anilines is 3. The molecule has 6 rings (SSSR count). The summed E-state index contributed by atoms with van der Waals surface area (Å²) >= 11 is 4.42. The van der Waals surface area contributed by atoms with Gasteiger partial charge in [-0.1, -0.05) is 12.8 Å². The standard InChI is InChI=1S/C27H25F2N7O3S/c1-33(2)13-21(37)34-9-4-5-14-11-20(39-3)18(12-19(14)34)31-27-32-24-15(8-10-35(24)40)25-30-17-7-6-16(28)23(29)22(17)26(38)36(25)27/h6-8,10-12,40H,4-5,9,13H2,1-3H3,(H,31,32). The molecule has 5 aromatic rings. The molecule has 0 unspecified atom stereocenters. The maximum absolute atomic E-state index is 14.8. The fraction of sp³-hybridized carbons (Fsp3) is 0.259. The number of carbonyl (C=O) groups excluding carboxylic acids is 1. The van der Waals surface area contributed by atoms with Crippen LogP contribution >= 0.6 is 12.8 Å². The molecule has 0 saturated carbocycles. The van der Waals surface area contributed by atoms with Crippen molar-refractivity contribution in [3.63, 3.8) is 0 Å². The smallest absolute Gasteiger partial charge is 0.271 e. The van der Waals surface area contributed by atoms with E-state index in [2.05, 4.69) is 28.1 Å². The van der Waals surface area contributed by atoms with Gasteiger partial charge in [0.2, 0.25) is 11.9 Å². The lowest BCUT2D eigenvalue weighted by molar-refractivity contribution is -0.119. The Hall–Kier alpha value is -4.23. The highest BCUT2D eigenvalue weighted by Gasteiger charge is 2.26. The number of hydrogen-bond donors (Lipinski definition) is 2. The molecule has 0 spiro atoms. The first-order valence-electron chi connectivity index (χ1n) is 12.5. The minimum absolute atomic E-state index is 0.00988. The number of aryl methyl sites for hydroxylation is 1. The van der Waals surface area contributed by atoms with Crippen molar-refractivity contribution in [2.45, 2.75) is 12.8 Å². The largest absolute Gasteiger partial charge is 0.495 e. The molecular formula is C27H25F2N7O3S. The number of halogens is 2. The van der Waals surface area contributed by atoms with Gasteiger partial charge in [-0.2, -0.15) is 4.98 Å². The second-order valence-corrected chi connectivity index (χ2v) is 10.3. The third-order valence-corrected chi connectivity index (χ3v) is 7.27. The number of ether oxygens (including phenoxy) is 1. The quantitative estimate of drug-likeness (QED) is 0.248. The van der Waals surface area contributed by atoms with Crippen LogP contribution in [0.1, 0.15) is 12.0 Å². The summed E-state index contributed by atoms with van der Waals surface area (Å²) in [6, 6.07) is 7.50. The van der Waals surface area contributed by atoms with Crippen molar-refractivity contribution >= 4 is 63.6 Å². The number of methoxy groups -OCH3 is 1. The van der Waals surface area contributed by atoms with E-state index in [0.717, 1.165) is 28.9 Å². The Kier molecular flexibility index (Phi) is 6.34. The van der Waals surface area contributed by atoms with Crippen molar-refractivity contribution in [2.24, 2.45) is 0 Å². The predicted octanol–water partition coefficient (Wildman–Crippen LogP) is 3.76. The Morgan fingerprint density at radius 1 is 1.18 bits per heavy atom. The van der Waals surface area contributed by atoms with Crippen LogP contribution in [0.2, 0.25) is 0 Å². The lowest BCUT2D eigenvalue weighted by atomic mass is 10.00. The van der Waals surface area contributed by atoms with Gasteiger partial charge in [-0.25, -0.2) is 18.2 Å². The van der Waals surface area contributed by atoms with Crippen molar-refractivity contribution in [1.82, 2.24) is 23.2 Å². The van der Waals surface area contributed by atoms with E-state index < -0.39 is 22.6 Å². The van der Waals surface area contributed by atoms with E-state index in [1.54, 1.807) is 23.2 Å². The number of carbonyl (C=O) groups is 1. The Morgan fingerprint density at radius 2 is 1.98 bits per heavy atom. The number of hydrogen-bond acceptors (Lipinski definition) is 8. The molecule has 4 heterocycles. The molecule has 13 heteroatoms. The second kappa shape index (κ2) is 9.75. The summed E-state index contributed by atoms with van der Waals surface area (Å²) < 4.78 is 37.2. The molecule has 0 radical (unpaired) electrons. The number of thiol groups is 1. The van der Waals surface area contributed by atoms with E-state index in [1.165, 1.54) is 17.1 Å². The average Bonchev–Trinajstić information content (AvgIpc) is 3.29. The zero-order chi connectivity index (χ0) is 28.3. The highest BCUT2D eigenvalue weighted by atomic mass is 32.1. The molecule has 1 aliphatic rings. The maximum atomic E-state index is 14.8. The molecule has 40 heavy (non-hydrogen) atoms.